The van der Waals surface area contributed by atoms with E-state index < -0.39 is 15.6 Å². The van der Waals surface area contributed by atoms with Crippen molar-refractivity contribution in [3.63, 3.8) is 0 Å². The van der Waals surface area contributed by atoms with Gasteiger partial charge >= 0.3 is 0 Å². The summed E-state index contributed by atoms with van der Waals surface area (Å²) in [7, 11) is -3.68. The molecule has 0 aromatic heterocycles. The highest BCUT2D eigenvalue weighted by atomic mass is 32.2. The number of amidine groups is 1. The van der Waals surface area contributed by atoms with Crippen LogP contribution in [-0.2, 0) is 19.7 Å². The quantitative estimate of drug-likeness (QED) is 0.612. The third kappa shape index (κ3) is 5.31. The zero-order valence-corrected chi connectivity index (χ0v) is 23.3. The summed E-state index contributed by atoms with van der Waals surface area (Å²) >= 11 is 0. The second-order valence-electron chi connectivity index (χ2n) is 11.3. The fraction of sp³-hybridized carbons (Fsp3) is 0.607. The fourth-order valence-corrected chi connectivity index (χ4v) is 7.24. The summed E-state index contributed by atoms with van der Waals surface area (Å²) in [4.78, 5) is 35.9. The number of aliphatic imine (C=N–C) groups is 1. The van der Waals surface area contributed by atoms with Crippen LogP contribution < -0.4 is 5.32 Å². The number of benzene rings is 1. The Bertz CT molecular complexity index is 1240. The largest absolute Gasteiger partial charge is 0.312 e. The van der Waals surface area contributed by atoms with Gasteiger partial charge in [0.2, 0.25) is 10.0 Å². The molecule has 1 aliphatic carbocycles. The second-order valence-corrected chi connectivity index (χ2v) is 13.1. The lowest BCUT2D eigenvalue weighted by Gasteiger charge is -2.34. The Hall–Kier alpha value is -2.56. The molecule has 2 amide bonds. The number of sulfonamides is 1. The first-order chi connectivity index (χ1) is 18.1. The highest BCUT2D eigenvalue weighted by molar-refractivity contribution is 7.92. The van der Waals surface area contributed by atoms with E-state index in [1.54, 1.807) is 18.2 Å². The molecule has 1 aromatic rings. The van der Waals surface area contributed by atoms with Crippen molar-refractivity contribution in [2.24, 2.45) is 16.8 Å². The van der Waals surface area contributed by atoms with E-state index >= 15 is 0 Å². The molecule has 1 aromatic carbocycles. The van der Waals surface area contributed by atoms with Crippen molar-refractivity contribution in [3.8, 4) is 0 Å². The number of piperidine rings is 1. The average molecular weight is 543 g/mol. The molecular weight excluding hydrogens is 504 g/mol. The molecule has 1 spiro atoms. The van der Waals surface area contributed by atoms with Crippen LogP contribution in [0.5, 0.6) is 0 Å². The molecule has 1 saturated carbocycles. The topological polar surface area (TPSA) is 108 Å². The van der Waals surface area contributed by atoms with Crippen molar-refractivity contribution >= 4 is 33.7 Å². The summed E-state index contributed by atoms with van der Waals surface area (Å²) in [6.07, 6.45) is 7.57. The van der Waals surface area contributed by atoms with Crippen LogP contribution in [0.2, 0.25) is 0 Å². The molecule has 3 fully saturated rings. The van der Waals surface area contributed by atoms with Crippen LogP contribution in [0.3, 0.4) is 0 Å². The monoisotopic (exact) mass is 542 g/mol. The van der Waals surface area contributed by atoms with Gasteiger partial charge in [-0.15, -0.1) is 0 Å². The third-order valence-corrected chi connectivity index (χ3v) is 10.1. The molecule has 206 valence electrons. The zero-order chi connectivity index (χ0) is 27.1. The number of hydroxylamine groups is 2. The van der Waals surface area contributed by atoms with Crippen molar-refractivity contribution in [1.29, 1.82) is 0 Å². The Labute approximate surface area is 225 Å². The van der Waals surface area contributed by atoms with E-state index in [1.165, 1.54) is 14.8 Å². The summed E-state index contributed by atoms with van der Waals surface area (Å²) in [6.45, 7) is 7.61. The predicted octanol–water partition coefficient (Wildman–Crippen LogP) is 3.57. The van der Waals surface area contributed by atoms with E-state index in [-0.39, 0.29) is 24.9 Å². The van der Waals surface area contributed by atoms with Crippen molar-refractivity contribution < 1.29 is 22.8 Å². The van der Waals surface area contributed by atoms with Crippen LogP contribution in [0.4, 0.5) is 0 Å². The van der Waals surface area contributed by atoms with Gasteiger partial charge in [-0.25, -0.2) is 13.5 Å². The summed E-state index contributed by atoms with van der Waals surface area (Å²) in [5.74, 6) is 1.56. The number of nitrogens with one attached hydrogen (secondary N) is 1. The maximum Gasteiger partial charge on any atom is 0.277 e. The molecule has 0 bridgehead atoms. The number of amides is 2. The highest BCUT2D eigenvalue weighted by Gasteiger charge is 2.48. The zero-order valence-electron chi connectivity index (χ0n) is 22.5. The minimum absolute atomic E-state index is 0.0843. The number of carbonyl (C=O) groups excluding carboxylic acids is 2. The van der Waals surface area contributed by atoms with Gasteiger partial charge in [-0.1, -0.05) is 19.8 Å². The lowest BCUT2D eigenvalue weighted by molar-refractivity contribution is -0.125. The fourth-order valence-electron chi connectivity index (χ4n) is 6.07. The molecule has 5 rings (SSSR count). The first kappa shape index (κ1) is 27.0. The molecule has 0 radical (unpaired) electrons. The number of hydrogen-bond donors (Lipinski definition) is 1. The van der Waals surface area contributed by atoms with Gasteiger partial charge in [0.05, 0.1) is 13.2 Å². The molecule has 1 N–H and O–H groups in total. The molecular formula is C28H38N4O5S. The van der Waals surface area contributed by atoms with Gasteiger partial charge in [0.25, 0.3) is 11.8 Å². The Balaban J connectivity index is 1.25. The van der Waals surface area contributed by atoms with E-state index in [4.69, 9.17) is 9.83 Å². The molecule has 3 heterocycles. The summed E-state index contributed by atoms with van der Waals surface area (Å²) < 4.78 is 27.8. The van der Waals surface area contributed by atoms with E-state index in [1.807, 2.05) is 13.8 Å². The maximum absolute atomic E-state index is 13.2. The molecule has 4 aliphatic rings. The van der Waals surface area contributed by atoms with Crippen molar-refractivity contribution in [3.05, 3.63) is 39.8 Å². The van der Waals surface area contributed by atoms with Crippen LogP contribution in [0.1, 0.15) is 78.9 Å². The molecule has 0 atom stereocenters. The van der Waals surface area contributed by atoms with Crippen molar-refractivity contribution in [1.82, 2.24) is 14.7 Å². The normalized spacial score (nSPS) is 26.2. The number of nitrogens with zero attached hydrogens (tertiary/aromatic N) is 3. The molecule has 10 heteroatoms. The van der Waals surface area contributed by atoms with Gasteiger partial charge in [0.1, 0.15) is 11.4 Å². The maximum atomic E-state index is 13.2. The lowest BCUT2D eigenvalue weighted by atomic mass is 9.82. The Morgan fingerprint density at radius 3 is 2.37 bits per heavy atom. The van der Waals surface area contributed by atoms with E-state index in [0.29, 0.717) is 37.5 Å². The van der Waals surface area contributed by atoms with Crippen molar-refractivity contribution in [2.45, 2.75) is 71.3 Å². The van der Waals surface area contributed by atoms with Gasteiger partial charge in [-0.3, -0.25) is 19.4 Å². The van der Waals surface area contributed by atoms with Crippen LogP contribution in [0.15, 0.2) is 22.5 Å². The van der Waals surface area contributed by atoms with Gasteiger partial charge in [-0.05, 0) is 86.8 Å². The Kier molecular flexibility index (Phi) is 7.50. The van der Waals surface area contributed by atoms with Crippen LogP contribution >= 0.6 is 0 Å². The number of rotatable bonds is 5. The van der Waals surface area contributed by atoms with Gasteiger partial charge in [0.15, 0.2) is 0 Å². The number of carbonyl (C=O) groups is 2. The first-order valence-electron chi connectivity index (χ1n) is 13.7. The SMILES string of the molecule is Cc1cc(C(=O)N2CCCO2)cc(C)c1C=CS(=O)(=O)N1CCC2(CC1)N=C(C1CCC(C)CC1)NC2=O. The van der Waals surface area contributed by atoms with E-state index in [0.717, 1.165) is 60.5 Å². The Morgan fingerprint density at radius 2 is 1.76 bits per heavy atom. The number of hydrogen-bond acceptors (Lipinski definition) is 6. The summed E-state index contributed by atoms with van der Waals surface area (Å²) in [5, 5.41) is 5.65. The molecule has 9 nitrogen and oxygen atoms in total. The summed E-state index contributed by atoms with van der Waals surface area (Å²) in [5.41, 5.74) is 2.09. The Morgan fingerprint density at radius 1 is 1.11 bits per heavy atom. The van der Waals surface area contributed by atoms with Crippen LogP contribution in [-0.4, -0.2) is 67.2 Å². The molecule has 3 aliphatic heterocycles. The van der Waals surface area contributed by atoms with Gasteiger partial charge < -0.3 is 5.32 Å². The molecule has 38 heavy (non-hydrogen) atoms. The van der Waals surface area contributed by atoms with Crippen LogP contribution in [0, 0.1) is 25.7 Å². The smallest absolute Gasteiger partial charge is 0.277 e. The number of aryl methyl sites for hydroxylation is 2. The predicted molar refractivity (Wildman–Crippen MR) is 146 cm³/mol. The molecule has 0 unspecified atom stereocenters. The highest BCUT2D eigenvalue weighted by Crippen LogP contribution is 2.36. The first-order valence-corrected chi connectivity index (χ1v) is 15.2. The van der Waals surface area contributed by atoms with Crippen molar-refractivity contribution in [2.75, 3.05) is 26.2 Å². The third-order valence-electron chi connectivity index (χ3n) is 8.54. The minimum atomic E-state index is -3.68. The van der Waals surface area contributed by atoms with Gasteiger partial charge in [0, 0.05) is 30.0 Å². The minimum Gasteiger partial charge on any atom is -0.312 e. The lowest BCUT2D eigenvalue weighted by Crippen LogP contribution is -2.50. The second kappa shape index (κ2) is 10.5. The average Bonchev–Trinajstić information content (AvgIpc) is 3.53. The standard InChI is InChI=1S/C28H38N4O5S/c1-19-5-7-22(8-6-19)25-29-27(34)28(30-25)10-13-31(14-11-28)38(35,36)16-9-24-20(2)17-23(18-21(24)3)26(33)32-12-4-15-37-32/h9,16-19,22H,4-8,10-15H2,1-3H3,(H,29,30,34). The van der Waals surface area contributed by atoms with Gasteiger partial charge in [-0.2, -0.15) is 4.31 Å². The molecule has 2 saturated heterocycles. The van der Waals surface area contributed by atoms with E-state index in [9.17, 15) is 18.0 Å². The summed E-state index contributed by atoms with van der Waals surface area (Å²) in [6, 6.07) is 3.55. The van der Waals surface area contributed by atoms with E-state index in [2.05, 4.69) is 12.2 Å². The van der Waals surface area contributed by atoms with Crippen LogP contribution in [0.25, 0.3) is 6.08 Å².